The number of nitrogens with zero attached hydrogens (tertiary/aromatic N) is 3. The molecule has 0 aliphatic carbocycles. The molecule has 0 atom stereocenters. The molecule has 1 aromatic heterocycles. The van der Waals surface area contributed by atoms with Crippen molar-refractivity contribution in [3.63, 3.8) is 0 Å². The van der Waals surface area contributed by atoms with Gasteiger partial charge >= 0.3 is 8.80 Å². The summed E-state index contributed by atoms with van der Waals surface area (Å²) in [5.41, 5.74) is 5.48. The van der Waals surface area contributed by atoms with Crippen molar-refractivity contribution in [3.05, 3.63) is 15.9 Å². The second kappa shape index (κ2) is 13.3. The summed E-state index contributed by atoms with van der Waals surface area (Å²) in [7, 11) is -2.40. The highest BCUT2D eigenvalue weighted by molar-refractivity contribution is 6.60. The fraction of sp³-hybridized carbons (Fsp3) is 0.750. The number of hydrogen-bond acceptors (Lipinski definition) is 7. The maximum atomic E-state index is 5.65. The van der Waals surface area contributed by atoms with E-state index >= 15 is 0 Å². The first kappa shape index (κ1) is 22.9. The van der Waals surface area contributed by atoms with Crippen molar-refractivity contribution >= 4 is 43.6 Å². The summed E-state index contributed by atoms with van der Waals surface area (Å²) in [6, 6.07) is 0.818. The van der Waals surface area contributed by atoms with Crippen LogP contribution in [0.25, 0.3) is 0 Å². The number of nitrogens with two attached hydrogens (primary N) is 1. The van der Waals surface area contributed by atoms with Gasteiger partial charge in [0.1, 0.15) is 0 Å². The fourth-order valence-corrected chi connectivity index (χ4v) is 4.87. The molecule has 1 rings (SSSR count). The summed E-state index contributed by atoms with van der Waals surface area (Å²) >= 11 is 16.0. The van der Waals surface area contributed by atoms with E-state index in [1.54, 1.807) is 0 Å². The van der Waals surface area contributed by atoms with E-state index in [1.165, 1.54) is 0 Å². The molecule has 0 bridgehead atoms. The topological polar surface area (TPSA) is 92.4 Å². The molecule has 0 amide bonds. The summed E-state index contributed by atoms with van der Waals surface area (Å²) in [5.74, 6) is 0. The van der Waals surface area contributed by atoms with Gasteiger partial charge in [0.05, 0.1) is 0 Å². The van der Waals surface area contributed by atoms with E-state index in [1.807, 2.05) is 20.8 Å². The van der Waals surface area contributed by atoms with Gasteiger partial charge in [-0.3, -0.25) is 0 Å². The molecule has 23 heavy (non-hydrogen) atoms. The molecule has 7 nitrogen and oxygen atoms in total. The third-order valence-corrected chi connectivity index (χ3v) is 5.99. The van der Waals surface area contributed by atoms with Crippen molar-refractivity contribution in [2.45, 2.75) is 33.2 Å². The Hall–Kier alpha value is -0.0631. The molecule has 0 saturated heterocycles. The predicted molar refractivity (Wildman–Crippen MR) is 94.0 cm³/mol. The van der Waals surface area contributed by atoms with E-state index in [4.69, 9.17) is 53.8 Å². The molecule has 0 aromatic carbocycles. The number of halogens is 3. The minimum Gasteiger partial charge on any atom is -0.374 e. The van der Waals surface area contributed by atoms with Crippen molar-refractivity contribution in [1.29, 1.82) is 0 Å². The summed E-state index contributed by atoms with van der Waals surface area (Å²) < 4.78 is 17.0. The molecule has 0 fully saturated rings. The van der Waals surface area contributed by atoms with Gasteiger partial charge in [-0.15, -0.1) is 0 Å². The summed E-state index contributed by atoms with van der Waals surface area (Å²) in [4.78, 5) is 10.4. The standard InChI is InChI=1S/C9H23NO3Si.C3Cl3N3/c1-4-11-14(12-5-2,13-6-3)9-7-8-10;4-1-7-2(5)9-3(6)8-1/h4-10H2,1-3H3;. The number of hydrogen-bond donors (Lipinski definition) is 1. The van der Waals surface area contributed by atoms with E-state index in [9.17, 15) is 0 Å². The molecule has 0 saturated carbocycles. The Balaban J connectivity index is 0.000000459. The lowest BCUT2D eigenvalue weighted by atomic mass is 10.5. The van der Waals surface area contributed by atoms with Gasteiger partial charge in [0, 0.05) is 25.9 Å². The molecule has 0 radical (unpaired) electrons. The zero-order valence-electron chi connectivity index (χ0n) is 13.5. The second-order valence-corrected chi connectivity index (χ2v) is 7.76. The van der Waals surface area contributed by atoms with Gasteiger partial charge < -0.3 is 19.0 Å². The van der Waals surface area contributed by atoms with Gasteiger partial charge in [-0.2, -0.15) is 15.0 Å². The molecule has 2 N–H and O–H groups in total. The Labute approximate surface area is 153 Å². The minimum atomic E-state index is -2.40. The Morgan fingerprint density at radius 1 is 0.826 bits per heavy atom. The van der Waals surface area contributed by atoms with Crippen LogP contribution in [0.4, 0.5) is 0 Å². The first-order valence-corrected chi connectivity index (χ1v) is 10.3. The van der Waals surface area contributed by atoms with Gasteiger partial charge in [0.2, 0.25) is 15.9 Å². The van der Waals surface area contributed by atoms with Crippen LogP contribution in [0.2, 0.25) is 21.9 Å². The van der Waals surface area contributed by atoms with Crippen molar-refractivity contribution in [3.8, 4) is 0 Å². The lowest BCUT2D eigenvalue weighted by Crippen LogP contribution is -2.46. The van der Waals surface area contributed by atoms with Crippen LogP contribution >= 0.6 is 34.8 Å². The normalized spacial score (nSPS) is 11.1. The van der Waals surface area contributed by atoms with E-state index < -0.39 is 8.80 Å². The molecule has 0 unspecified atom stereocenters. The van der Waals surface area contributed by atoms with E-state index in [2.05, 4.69) is 15.0 Å². The molecular weight excluding hydrogens is 383 g/mol. The fourth-order valence-electron chi connectivity index (χ4n) is 1.62. The monoisotopic (exact) mass is 404 g/mol. The van der Waals surface area contributed by atoms with Crippen LogP contribution in [0.3, 0.4) is 0 Å². The van der Waals surface area contributed by atoms with E-state index in [-0.39, 0.29) is 15.9 Å². The quantitative estimate of drug-likeness (QED) is 0.630. The highest BCUT2D eigenvalue weighted by Crippen LogP contribution is 2.17. The van der Waals surface area contributed by atoms with Gasteiger partial charge in [-0.1, -0.05) is 0 Å². The average molecular weight is 406 g/mol. The van der Waals surface area contributed by atoms with Crippen molar-refractivity contribution in [2.75, 3.05) is 26.4 Å². The average Bonchev–Trinajstić information content (AvgIpc) is 2.45. The Bertz CT molecular complexity index is 379. The Morgan fingerprint density at radius 3 is 1.43 bits per heavy atom. The molecule has 0 aliphatic rings. The molecular formula is C12H23Cl3N4O3Si. The molecule has 11 heteroatoms. The third kappa shape index (κ3) is 10.4. The zero-order chi connectivity index (χ0) is 17.7. The number of aromatic nitrogens is 3. The largest absolute Gasteiger partial charge is 0.500 e. The highest BCUT2D eigenvalue weighted by Gasteiger charge is 2.39. The minimum absolute atomic E-state index is 0.000000000000000444. The van der Waals surface area contributed by atoms with E-state index in [0.717, 1.165) is 12.5 Å². The van der Waals surface area contributed by atoms with Gasteiger partial charge in [0.15, 0.2) is 0 Å². The SMILES string of the molecule is CCO[Si](CCCN)(OCC)OCC.Clc1nc(Cl)nc(Cl)n1. The van der Waals surface area contributed by atoms with Crippen molar-refractivity contribution in [2.24, 2.45) is 5.73 Å². The molecule has 0 aliphatic heterocycles. The maximum Gasteiger partial charge on any atom is 0.500 e. The summed E-state index contributed by atoms with van der Waals surface area (Å²) in [6.45, 7) is 8.44. The van der Waals surface area contributed by atoms with Crippen LogP contribution in [-0.4, -0.2) is 50.1 Å². The highest BCUT2D eigenvalue weighted by atomic mass is 35.5. The zero-order valence-corrected chi connectivity index (χ0v) is 16.8. The Kier molecular flexibility index (Phi) is 13.2. The van der Waals surface area contributed by atoms with Crippen LogP contribution < -0.4 is 5.73 Å². The second-order valence-electron chi connectivity index (χ2n) is 4.02. The van der Waals surface area contributed by atoms with Crippen LogP contribution in [0, 0.1) is 0 Å². The smallest absolute Gasteiger partial charge is 0.374 e. The number of rotatable bonds is 9. The predicted octanol–water partition coefficient (Wildman–Crippen LogP) is 3.22. The Morgan fingerprint density at radius 2 is 1.17 bits per heavy atom. The lowest BCUT2D eigenvalue weighted by molar-refractivity contribution is 0.0710. The van der Waals surface area contributed by atoms with Crippen molar-refractivity contribution in [1.82, 2.24) is 15.0 Å². The molecule has 1 heterocycles. The van der Waals surface area contributed by atoms with Gasteiger partial charge in [0.25, 0.3) is 0 Å². The summed E-state index contributed by atoms with van der Waals surface area (Å²) in [6.07, 6.45) is 0.895. The van der Waals surface area contributed by atoms with E-state index in [0.29, 0.717) is 26.4 Å². The van der Waals surface area contributed by atoms with Crippen LogP contribution in [-0.2, 0) is 13.3 Å². The molecule has 134 valence electrons. The van der Waals surface area contributed by atoms with Crippen LogP contribution in [0.5, 0.6) is 0 Å². The molecule has 0 spiro atoms. The first-order valence-electron chi connectivity index (χ1n) is 7.27. The molecule has 1 aromatic rings. The lowest BCUT2D eigenvalue weighted by Gasteiger charge is -2.28. The third-order valence-electron chi connectivity index (χ3n) is 2.33. The van der Waals surface area contributed by atoms with Gasteiger partial charge in [-0.05, 0) is 68.5 Å². The maximum absolute atomic E-state index is 5.65. The summed E-state index contributed by atoms with van der Waals surface area (Å²) in [5, 5.41) is 0.00000000000000178. The van der Waals surface area contributed by atoms with Crippen molar-refractivity contribution < 1.29 is 13.3 Å². The van der Waals surface area contributed by atoms with Gasteiger partial charge in [-0.25, -0.2) is 0 Å². The van der Waals surface area contributed by atoms with Crippen LogP contribution in [0.15, 0.2) is 0 Å². The van der Waals surface area contributed by atoms with Crippen LogP contribution in [0.1, 0.15) is 27.2 Å². The first-order chi connectivity index (χ1) is 10.9.